The Balaban J connectivity index is 2.03. The Morgan fingerprint density at radius 1 is 1.18 bits per heavy atom. The Morgan fingerprint density at radius 3 is 2.64 bits per heavy atom. The summed E-state index contributed by atoms with van der Waals surface area (Å²) in [5, 5.41) is 0. The van der Waals surface area contributed by atoms with Gasteiger partial charge in [-0.2, -0.15) is 0 Å². The molecular formula is C19H20N2O6S. The van der Waals surface area contributed by atoms with E-state index in [1.54, 1.807) is 12.1 Å². The number of rotatable bonds is 6. The minimum atomic E-state index is -4.00. The molecule has 3 rings (SSSR count). The molecule has 148 valence electrons. The van der Waals surface area contributed by atoms with Crippen LogP contribution in [0.15, 0.2) is 47.4 Å². The van der Waals surface area contributed by atoms with Crippen molar-refractivity contribution in [1.29, 1.82) is 0 Å². The van der Waals surface area contributed by atoms with Crippen LogP contribution >= 0.6 is 0 Å². The number of primary amides is 1. The number of anilines is 1. The maximum Gasteiger partial charge on any atom is 0.338 e. The number of esters is 1. The highest BCUT2D eigenvalue weighted by atomic mass is 32.2. The number of aryl methyl sites for hydroxylation is 1. The summed E-state index contributed by atoms with van der Waals surface area (Å²) >= 11 is 0. The molecule has 1 aliphatic heterocycles. The minimum absolute atomic E-state index is 0.0223. The van der Waals surface area contributed by atoms with Crippen LogP contribution in [-0.2, 0) is 26.0 Å². The Morgan fingerprint density at radius 2 is 1.93 bits per heavy atom. The number of sulfonamides is 1. The van der Waals surface area contributed by atoms with Gasteiger partial charge in [0.15, 0.2) is 6.61 Å². The van der Waals surface area contributed by atoms with Crippen molar-refractivity contribution in [1.82, 2.24) is 0 Å². The molecule has 2 aromatic carbocycles. The molecule has 0 fully saturated rings. The smallest absolute Gasteiger partial charge is 0.338 e. The van der Waals surface area contributed by atoms with Crippen LogP contribution in [0, 0.1) is 0 Å². The molecule has 0 spiro atoms. The van der Waals surface area contributed by atoms with E-state index in [1.807, 2.05) is 12.1 Å². The summed E-state index contributed by atoms with van der Waals surface area (Å²) in [6.45, 7) is -0.273. The molecule has 0 saturated heterocycles. The molecule has 1 amide bonds. The van der Waals surface area contributed by atoms with Gasteiger partial charge in [-0.3, -0.25) is 9.10 Å². The Bertz CT molecular complexity index is 1020. The summed E-state index contributed by atoms with van der Waals surface area (Å²) in [6, 6.07) is 11.2. The number of carbonyl (C=O) groups is 2. The Hall–Kier alpha value is -3.07. The number of hydrogen-bond acceptors (Lipinski definition) is 6. The van der Waals surface area contributed by atoms with Gasteiger partial charge in [0.2, 0.25) is 0 Å². The quantitative estimate of drug-likeness (QED) is 0.729. The summed E-state index contributed by atoms with van der Waals surface area (Å²) in [4.78, 5) is 22.8. The number of nitrogens with zero attached hydrogens (tertiary/aromatic N) is 1. The lowest BCUT2D eigenvalue weighted by atomic mass is 10.0. The van der Waals surface area contributed by atoms with Gasteiger partial charge in [0.05, 0.1) is 18.4 Å². The van der Waals surface area contributed by atoms with E-state index in [1.165, 1.54) is 29.6 Å². The number of hydrogen-bond donors (Lipinski definition) is 1. The fraction of sp³-hybridized carbons (Fsp3) is 0.263. The fourth-order valence-electron chi connectivity index (χ4n) is 3.09. The molecule has 1 heterocycles. The summed E-state index contributed by atoms with van der Waals surface area (Å²) in [6.07, 6.45) is 1.47. The minimum Gasteiger partial charge on any atom is -0.495 e. The average molecular weight is 404 g/mol. The van der Waals surface area contributed by atoms with Crippen molar-refractivity contribution in [2.45, 2.75) is 17.7 Å². The van der Waals surface area contributed by atoms with Crippen molar-refractivity contribution >= 4 is 27.6 Å². The molecule has 0 atom stereocenters. The predicted octanol–water partition coefficient (Wildman–Crippen LogP) is 1.48. The summed E-state index contributed by atoms with van der Waals surface area (Å²) < 4.78 is 38.1. The van der Waals surface area contributed by atoms with Crippen LogP contribution in [0.4, 0.5) is 5.69 Å². The van der Waals surface area contributed by atoms with Crippen molar-refractivity contribution in [2.75, 3.05) is 24.6 Å². The van der Waals surface area contributed by atoms with Crippen LogP contribution in [-0.4, -0.2) is 40.6 Å². The molecule has 9 heteroatoms. The Labute approximate surface area is 162 Å². The maximum atomic E-state index is 13.4. The SMILES string of the molecule is COc1ccc(C(=O)OCC(N)=O)cc1S(=O)(=O)N1CCCc2ccccc21. The zero-order chi connectivity index (χ0) is 20.3. The first-order chi connectivity index (χ1) is 13.3. The molecule has 0 aliphatic carbocycles. The second-order valence-electron chi connectivity index (χ2n) is 6.22. The van der Waals surface area contributed by atoms with Gasteiger partial charge in [-0.05, 0) is 42.7 Å². The number of para-hydroxylation sites is 1. The number of fused-ring (bicyclic) bond motifs is 1. The third-order valence-electron chi connectivity index (χ3n) is 4.38. The fourth-order valence-corrected chi connectivity index (χ4v) is 4.82. The van der Waals surface area contributed by atoms with Crippen LogP contribution in [0.5, 0.6) is 5.75 Å². The third kappa shape index (κ3) is 3.79. The monoisotopic (exact) mass is 404 g/mol. The molecule has 1 aliphatic rings. The number of carbonyl (C=O) groups excluding carboxylic acids is 2. The van der Waals surface area contributed by atoms with Crippen molar-refractivity contribution in [2.24, 2.45) is 5.73 Å². The van der Waals surface area contributed by atoms with Gasteiger partial charge >= 0.3 is 5.97 Å². The molecule has 0 saturated carbocycles. The highest BCUT2D eigenvalue weighted by molar-refractivity contribution is 7.93. The van der Waals surface area contributed by atoms with E-state index >= 15 is 0 Å². The van der Waals surface area contributed by atoms with E-state index in [0.29, 0.717) is 18.7 Å². The van der Waals surface area contributed by atoms with E-state index in [4.69, 9.17) is 15.2 Å². The largest absolute Gasteiger partial charge is 0.495 e. The van der Waals surface area contributed by atoms with E-state index in [2.05, 4.69) is 0 Å². The van der Waals surface area contributed by atoms with E-state index in [0.717, 1.165) is 12.0 Å². The predicted molar refractivity (Wildman–Crippen MR) is 102 cm³/mol. The highest BCUT2D eigenvalue weighted by Crippen LogP contribution is 2.35. The zero-order valence-corrected chi connectivity index (χ0v) is 16.1. The topological polar surface area (TPSA) is 116 Å². The maximum absolute atomic E-state index is 13.4. The first-order valence-corrected chi connectivity index (χ1v) is 10.0. The van der Waals surface area contributed by atoms with Crippen LogP contribution in [0.1, 0.15) is 22.3 Å². The normalized spacial score (nSPS) is 13.5. The summed E-state index contributed by atoms with van der Waals surface area (Å²) in [5.74, 6) is -1.55. The number of amides is 1. The van der Waals surface area contributed by atoms with E-state index < -0.39 is 28.5 Å². The van der Waals surface area contributed by atoms with Crippen molar-refractivity contribution in [3.63, 3.8) is 0 Å². The van der Waals surface area contributed by atoms with Gasteiger partial charge in [-0.1, -0.05) is 18.2 Å². The molecular weight excluding hydrogens is 384 g/mol. The van der Waals surface area contributed by atoms with Gasteiger partial charge in [0.25, 0.3) is 15.9 Å². The molecule has 8 nitrogen and oxygen atoms in total. The second kappa shape index (κ2) is 7.89. The molecule has 0 aromatic heterocycles. The van der Waals surface area contributed by atoms with Crippen LogP contribution < -0.4 is 14.8 Å². The van der Waals surface area contributed by atoms with Gasteiger partial charge in [-0.25, -0.2) is 13.2 Å². The molecule has 2 N–H and O–H groups in total. The average Bonchev–Trinajstić information content (AvgIpc) is 2.70. The van der Waals surface area contributed by atoms with Crippen molar-refractivity contribution < 1.29 is 27.5 Å². The number of benzene rings is 2. The van der Waals surface area contributed by atoms with Crippen LogP contribution in [0.3, 0.4) is 0 Å². The van der Waals surface area contributed by atoms with Crippen LogP contribution in [0.2, 0.25) is 0 Å². The summed E-state index contributed by atoms with van der Waals surface area (Å²) in [5.41, 5.74) is 6.49. The summed E-state index contributed by atoms with van der Waals surface area (Å²) in [7, 11) is -2.65. The second-order valence-corrected chi connectivity index (χ2v) is 8.05. The number of ether oxygens (including phenoxy) is 2. The molecule has 28 heavy (non-hydrogen) atoms. The Kier molecular flexibility index (Phi) is 5.55. The van der Waals surface area contributed by atoms with Crippen molar-refractivity contribution in [3.05, 3.63) is 53.6 Å². The van der Waals surface area contributed by atoms with Gasteiger partial charge in [0, 0.05) is 6.54 Å². The van der Waals surface area contributed by atoms with Crippen molar-refractivity contribution in [3.8, 4) is 5.75 Å². The lowest BCUT2D eigenvalue weighted by molar-refractivity contribution is -0.121. The molecule has 0 bridgehead atoms. The first kappa shape index (κ1) is 19.7. The molecule has 0 radical (unpaired) electrons. The molecule has 0 unspecified atom stereocenters. The van der Waals surface area contributed by atoms with Gasteiger partial charge in [0.1, 0.15) is 10.6 Å². The van der Waals surface area contributed by atoms with E-state index in [-0.39, 0.29) is 16.2 Å². The van der Waals surface area contributed by atoms with E-state index in [9.17, 15) is 18.0 Å². The lowest BCUT2D eigenvalue weighted by Crippen LogP contribution is -2.35. The van der Waals surface area contributed by atoms with Gasteiger partial charge in [-0.15, -0.1) is 0 Å². The van der Waals surface area contributed by atoms with Crippen LogP contribution in [0.25, 0.3) is 0 Å². The number of nitrogens with two attached hydrogens (primary N) is 1. The first-order valence-electron chi connectivity index (χ1n) is 8.58. The third-order valence-corrected chi connectivity index (χ3v) is 6.21. The molecule has 2 aromatic rings. The number of methoxy groups -OCH3 is 1. The highest BCUT2D eigenvalue weighted by Gasteiger charge is 2.32. The zero-order valence-electron chi connectivity index (χ0n) is 15.3. The standard InChI is InChI=1S/C19H20N2O6S/c1-26-16-9-8-14(19(23)27-12-18(20)22)11-17(16)28(24,25)21-10-4-6-13-5-2-3-7-15(13)21/h2-3,5,7-9,11H,4,6,10,12H2,1H3,(H2,20,22). The lowest BCUT2D eigenvalue weighted by Gasteiger charge is -2.30. The van der Waals surface area contributed by atoms with Gasteiger partial charge < -0.3 is 15.2 Å².